The average Bonchev–Trinajstić information content (AvgIpc) is 3.21. The average molecular weight is 500 g/mol. The van der Waals surface area contributed by atoms with E-state index in [1.54, 1.807) is 14.2 Å². The van der Waals surface area contributed by atoms with Gasteiger partial charge in [0.05, 0.1) is 21.3 Å². The minimum absolute atomic E-state index is 0.254. The minimum Gasteiger partial charge on any atom is -0.493 e. The Morgan fingerprint density at radius 3 is 2.44 bits per heavy atom. The van der Waals surface area contributed by atoms with Crippen molar-refractivity contribution in [3.8, 4) is 17.2 Å². The maximum absolute atomic E-state index is 6.71. The summed E-state index contributed by atoms with van der Waals surface area (Å²) in [6.45, 7) is 2.83. The van der Waals surface area contributed by atoms with Gasteiger partial charge in [-0.2, -0.15) is 0 Å². The van der Waals surface area contributed by atoms with Crippen molar-refractivity contribution in [2.24, 2.45) is 0 Å². The molecular formula is C24H26ClN5O3S. The summed E-state index contributed by atoms with van der Waals surface area (Å²) < 4.78 is 18.5. The fraction of sp³-hybridized carbons (Fsp3) is 0.292. The van der Waals surface area contributed by atoms with Crippen molar-refractivity contribution in [3.05, 3.63) is 53.3 Å². The first-order valence-electron chi connectivity index (χ1n) is 10.7. The molecule has 0 radical (unpaired) electrons. The monoisotopic (exact) mass is 499 g/mol. The van der Waals surface area contributed by atoms with E-state index in [0.717, 1.165) is 6.42 Å². The van der Waals surface area contributed by atoms with Crippen molar-refractivity contribution in [3.63, 3.8) is 0 Å². The number of nitrogens with zero attached hydrogens (tertiary/aromatic N) is 4. The van der Waals surface area contributed by atoms with Crippen LogP contribution in [0.1, 0.15) is 24.8 Å². The van der Waals surface area contributed by atoms with Gasteiger partial charge >= 0.3 is 0 Å². The molecule has 8 nitrogen and oxygen atoms in total. The highest BCUT2D eigenvalue weighted by molar-refractivity contribution is 7.99. The molecule has 4 aromatic rings. The number of nitrogens with two attached hydrogens (primary N) is 1. The lowest BCUT2D eigenvalue weighted by molar-refractivity contribution is 0.323. The zero-order chi connectivity index (χ0) is 24.2. The van der Waals surface area contributed by atoms with Crippen molar-refractivity contribution in [2.45, 2.75) is 35.9 Å². The normalized spacial score (nSPS) is 12.0. The quantitative estimate of drug-likeness (QED) is 0.325. The van der Waals surface area contributed by atoms with Crippen LogP contribution in [0.2, 0.25) is 5.02 Å². The molecule has 178 valence electrons. The van der Waals surface area contributed by atoms with E-state index in [9.17, 15) is 0 Å². The molecule has 0 aliphatic rings. The van der Waals surface area contributed by atoms with E-state index in [1.807, 2.05) is 12.1 Å². The number of nitrogen functional groups attached to an aromatic ring is 1. The Bertz CT molecular complexity index is 1300. The molecule has 34 heavy (non-hydrogen) atoms. The van der Waals surface area contributed by atoms with Gasteiger partial charge in [-0.25, -0.2) is 15.0 Å². The van der Waals surface area contributed by atoms with Crippen LogP contribution in [0.15, 0.2) is 52.8 Å². The number of halogens is 1. The van der Waals surface area contributed by atoms with Gasteiger partial charge in [-0.1, -0.05) is 48.9 Å². The van der Waals surface area contributed by atoms with E-state index < -0.39 is 0 Å². The Hall–Kier alpha value is -3.17. The van der Waals surface area contributed by atoms with Gasteiger partial charge in [0.1, 0.15) is 11.3 Å². The van der Waals surface area contributed by atoms with Gasteiger partial charge < -0.3 is 24.5 Å². The molecule has 1 atom stereocenters. The molecule has 2 aromatic carbocycles. The van der Waals surface area contributed by atoms with Crippen LogP contribution in [0.5, 0.6) is 17.2 Å². The number of rotatable bonds is 9. The largest absolute Gasteiger partial charge is 0.493 e. The third-order valence-corrected chi connectivity index (χ3v) is 7.15. The maximum Gasteiger partial charge on any atom is 0.204 e. The van der Waals surface area contributed by atoms with Gasteiger partial charge in [-0.05, 0) is 29.8 Å². The summed E-state index contributed by atoms with van der Waals surface area (Å²) in [5.74, 6) is 1.91. The molecule has 0 saturated heterocycles. The molecule has 2 heterocycles. The van der Waals surface area contributed by atoms with Crippen molar-refractivity contribution in [1.29, 1.82) is 0 Å². The molecule has 0 aliphatic heterocycles. The third-order valence-electron chi connectivity index (χ3n) is 5.63. The Labute approximate surface area is 207 Å². The second-order valence-corrected chi connectivity index (χ2v) is 8.90. The summed E-state index contributed by atoms with van der Waals surface area (Å²) >= 11 is 8.09. The van der Waals surface area contributed by atoms with Gasteiger partial charge in [-0.15, -0.1) is 0 Å². The minimum atomic E-state index is 0.254. The van der Waals surface area contributed by atoms with E-state index in [4.69, 9.17) is 36.5 Å². The van der Waals surface area contributed by atoms with E-state index in [1.165, 1.54) is 30.8 Å². The highest BCUT2D eigenvalue weighted by Crippen LogP contribution is 2.49. The van der Waals surface area contributed by atoms with Crippen LogP contribution in [0.25, 0.3) is 11.2 Å². The fourth-order valence-electron chi connectivity index (χ4n) is 3.86. The van der Waals surface area contributed by atoms with Gasteiger partial charge in [-0.3, -0.25) is 0 Å². The summed E-state index contributed by atoms with van der Waals surface area (Å²) in [5, 5.41) is 1.09. The van der Waals surface area contributed by atoms with Gasteiger partial charge in [0.15, 0.2) is 33.6 Å². The number of methoxy groups -OCH3 is 3. The molecule has 0 saturated carbocycles. The molecule has 1 unspecified atom stereocenters. The summed E-state index contributed by atoms with van der Waals surface area (Å²) in [7, 11) is 4.64. The molecule has 0 aliphatic carbocycles. The van der Waals surface area contributed by atoms with Crippen LogP contribution in [0.4, 0.5) is 5.82 Å². The maximum atomic E-state index is 6.71. The van der Waals surface area contributed by atoms with Crippen molar-refractivity contribution >= 4 is 40.3 Å². The van der Waals surface area contributed by atoms with E-state index >= 15 is 0 Å². The number of hydrogen-bond acceptors (Lipinski definition) is 8. The number of benzene rings is 2. The molecule has 2 N–H and O–H groups in total. The van der Waals surface area contributed by atoms with Crippen molar-refractivity contribution < 1.29 is 14.2 Å². The van der Waals surface area contributed by atoms with E-state index in [0.29, 0.717) is 55.8 Å². The zero-order valence-corrected chi connectivity index (χ0v) is 21.0. The van der Waals surface area contributed by atoms with Crippen LogP contribution < -0.4 is 19.9 Å². The number of ether oxygens (including phenoxy) is 3. The second kappa shape index (κ2) is 10.4. The summed E-state index contributed by atoms with van der Waals surface area (Å²) in [6.07, 6.45) is 2.40. The predicted octanol–water partition coefficient (Wildman–Crippen LogP) is 5.43. The smallest absolute Gasteiger partial charge is 0.204 e. The lowest BCUT2D eigenvalue weighted by Crippen LogP contribution is -2.10. The number of fused-ring (bicyclic) bond motifs is 1. The van der Waals surface area contributed by atoms with Gasteiger partial charge in [0.25, 0.3) is 0 Å². The number of hydrogen-bond donors (Lipinski definition) is 1. The number of aromatic nitrogens is 4. The molecule has 0 bridgehead atoms. The lowest BCUT2D eigenvalue weighted by atomic mass is 9.96. The van der Waals surface area contributed by atoms with Crippen LogP contribution in [-0.4, -0.2) is 40.8 Å². The Morgan fingerprint density at radius 1 is 1.06 bits per heavy atom. The first kappa shape index (κ1) is 24.0. The molecule has 0 amide bonds. The molecule has 0 fully saturated rings. The molecule has 10 heteroatoms. The van der Waals surface area contributed by atoms with Gasteiger partial charge in [0, 0.05) is 17.4 Å². The number of imidazole rings is 1. The highest BCUT2D eigenvalue weighted by atomic mass is 35.5. The number of anilines is 1. The first-order chi connectivity index (χ1) is 16.5. The topological polar surface area (TPSA) is 97.3 Å². The van der Waals surface area contributed by atoms with Crippen molar-refractivity contribution in [2.75, 3.05) is 27.1 Å². The molecule has 4 rings (SSSR count). The SMILES string of the molecule is CCC(Cn1c(Sc2cc(OC)c(OC)c(OC)c2Cl)nc2c(N)ncnc21)c1ccccc1. The standard InChI is InChI=1S/C24H26ClN5O3S/c1-5-14(15-9-7-6-8-10-15)12-30-23-19(22(26)27-13-28-23)29-24(30)34-17-11-16(31-2)20(32-3)21(33-4)18(17)25/h6-11,13-14H,5,12H2,1-4H3,(H2,26,27,28). The Kier molecular flexibility index (Phi) is 7.33. The molecule has 2 aromatic heterocycles. The first-order valence-corrected chi connectivity index (χ1v) is 11.9. The zero-order valence-electron chi connectivity index (χ0n) is 19.4. The van der Waals surface area contributed by atoms with Crippen LogP contribution in [0, 0.1) is 0 Å². The molecule has 0 spiro atoms. The summed E-state index contributed by atoms with van der Waals surface area (Å²) in [5.41, 5.74) is 8.62. The van der Waals surface area contributed by atoms with Crippen LogP contribution >= 0.6 is 23.4 Å². The van der Waals surface area contributed by atoms with E-state index in [-0.39, 0.29) is 5.92 Å². The van der Waals surface area contributed by atoms with Crippen molar-refractivity contribution in [1.82, 2.24) is 19.5 Å². The predicted molar refractivity (Wildman–Crippen MR) is 134 cm³/mol. The third kappa shape index (κ3) is 4.45. The van der Waals surface area contributed by atoms with Gasteiger partial charge in [0.2, 0.25) is 5.75 Å². The fourth-order valence-corrected chi connectivity index (χ4v) is 5.15. The van der Waals surface area contributed by atoms with Crippen LogP contribution in [0.3, 0.4) is 0 Å². The summed E-state index contributed by atoms with van der Waals surface area (Å²) in [6, 6.07) is 12.2. The second-order valence-electron chi connectivity index (χ2n) is 7.51. The Balaban J connectivity index is 1.83. The highest BCUT2D eigenvalue weighted by Gasteiger charge is 2.24. The Morgan fingerprint density at radius 2 is 1.79 bits per heavy atom. The van der Waals surface area contributed by atoms with E-state index in [2.05, 4.69) is 45.7 Å². The molecular weight excluding hydrogens is 474 g/mol. The van der Waals surface area contributed by atoms with Crippen LogP contribution in [-0.2, 0) is 6.54 Å². The lowest BCUT2D eigenvalue weighted by Gasteiger charge is -2.19. The summed E-state index contributed by atoms with van der Waals surface area (Å²) in [4.78, 5) is 14.1.